The lowest BCUT2D eigenvalue weighted by Gasteiger charge is -2.21. The summed E-state index contributed by atoms with van der Waals surface area (Å²) in [5.41, 5.74) is 1.83. The molecule has 0 aliphatic carbocycles. The average Bonchev–Trinajstić information content (AvgIpc) is 3.22. The Kier molecular flexibility index (Phi) is 6.74. The van der Waals surface area contributed by atoms with Gasteiger partial charge in [-0.3, -0.25) is 0 Å². The Hall–Kier alpha value is -2.55. The molecule has 1 fully saturated rings. The van der Waals surface area contributed by atoms with Crippen LogP contribution in [-0.4, -0.2) is 67.3 Å². The topological polar surface area (TPSA) is 84.4 Å². The van der Waals surface area contributed by atoms with Crippen molar-refractivity contribution in [1.29, 1.82) is 0 Å². The third-order valence-corrected chi connectivity index (χ3v) is 6.55. The predicted molar refractivity (Wildman–Crippen MR) is 130 cm³/mol. The number of rotatable bonds is 7. The normalized spacial score (nSPS) is 16.4. The number of anilines is 2. The number of likely N-dealkylation sites (tertiary alicyclic amines) is 1. The summed E-state index contributed by atoms with van der Waals surface area (Å²) >= 11 is 13.3. The van der Waals surface area contributed by atoms with Crippen LogP contribution in [0.5, 0.6) is 11.5 Å². The van der Waals surface area contributed by atoms with Gasteiger partial charge in [0.25, 0.3) is 0 Å². The number of ether oxygens (including phenoxy) is 2. The van der Waals surface area contributed by atoms with Gasteiger partial charge in [-0.15, -0.1) is 0 Å². The van der Waals surface area contributed by atoms with Crippen molar-refractivity contribution < 1.29 is 9.47 Å². The molecule has 1 atom stereocenters. The molecule has 0 amide bonds. The average molecular weight is 477 g/mol. The zero-order valence-corrected chi connectivity index (χ0v) is 20.0. The summed E-state index contributed by atoms with van der Waals surface area (Å²) in [7, 11) is 7.02. The number of likely N-dealkylation sites (N-methyl/N-ethyl adjacent to an activating group) is 1. The monoisotopic (exact) mass is 476 g/mol. The van der Waals surface area contributed by atoms with Gasteiger partial charge in [-0.25, -0.2) is 15.0 Å². The minimum absolute atomic E-state index is 0.361. The molecule has 1 aliphatic heterocycles. The number of benzene rings is 1. The van der Waals surface area contributed by atoms with E-state index in [0.717, 1.165) is 30.4 Å². The zero-order valence-electron chi connectivity index (χ0n) is 18.5. The highest BCUT2D eigenvalue weighted by molar-refractivity contribution is 6.41. The van der Waals surface area contributed by atoms with Crippen LogP contribution in [0.2, 0.25) is 10.0 Å². The van der Waals surface area contributed by atoms with Crippen molar-refractivity contribution in [2.45, 2.75) is 18.9 Å². The molecule has 3 heterocycles. The second-order valence-corrected chi connectivity index (χ2v) is 8.44. The number of nitrogens with one attached hydrogen (secondary N) is 2. The number of aromatic nitrogens is 3. The maximum Gasteiger partial charge on any atom is 0.223 e. The number of hydrogen-bond donors (Lipinski definition) is 2. The Bertz CT molecular complexity index is 1120. The molecule has 32 heavy (non-hydrogen) atoms. The molecule has 2 aromatic heterocycles. The molecule has 0 bridgehead atoms. The first-order chi connectivity index (χ1) is 15.5. The molecule has 0 spiro atoms. The Labute approximate surface area is 197 Å². The Morgan fingerprint density at radius 1 is 1.12 bits per heavy atom. The van der Waals surface area contributed by atoms with E-state index in [0.29, 0.717) is 50.6 Å². The van der Waals surface area contributed by atoms with Crippen molar-refractivity contribution in [3.05, 3.63) is 28.4 Å². The third-order valence-electron chi connectivity index (χ3n) is 5.80. The van der Waals surface area contributed by atoms with Gasteiger partial charge in [0.05, 0.1) is 30.0 Å². The predicted octanol–water partition coefficient (Wildman–Crippen LogP) is 4.56. The van der Waals surface area contributed by atoms with Crippen molar-refractivity contribution in [2.24, 2.45) is 0 Å². The Morgan fingerprint density at radius 2 is 1.84 bits per heavy atom. The van der Waals surface area contributed by atoms with Crippen molar-refractivity contribution in [3.63, 3.8) is 0 Å². The molecule has 0 saturated carbocycles. The van der Waals surface area contributed by atoms with Crippen LogP contribution in [0.1, 0.15) is 12.8 Å². The van der Waals surface area contributed by atoms with Gasteiger partial charge in [0.2, 0.25) is 5.95 Å². The smallest absolute Gasteiger partial charge is 0.223 e. The van der Waals surface area contributed by atoms with E-state index in [1.807, 2.05) is 6.07 Å². The SMILES string of the molecule is CNc1ncc2cc(-c3c(Cl)c(OC)cc(OC)c3Cl)nc(NCC3CCCN3C)c2n1. The summed E-state index contributed by atoms with van der Waals surface area (Å²) in [5, 5.41) is 8.01. The van der Waals surface area contributed by atoms with Gasteiger partial charge in [-0.05, 0) is 32.5 Å². The van der Waals surface area contributed by atoms with Crippen LogP contribution in [0.15, 0.2) is 18.3 Å². The van der Waals surface area contributed by atoms with E-state index < -0.39 is 0 Å². The molecule has 4 rings (SSSR count). The largest absolute Gasteiger partial charge is 0.495 e. The van der Waals surface area contributed by atoms with E-state index in [-0.39, 0.29) is 0 Å². The molecule has 8 nitrogen and oxygen atoms in total. The molecule has 1 saturated heterocycles. The number of pyridine rings is 1. The van der Waals surface area contributed by atoms with Crippen LogP contribution in [0.25, 0.3) is 22.2 Å². The highest BCUT2D eigenvalue weighted by Gasteiger charge is 2.23. The fourth-order valence-corrected chi connectivity index (χ4v) is 4.67. The molecule has 10 heteroatoms. The summed E-state index contributed by atoms with van der Waals surface area (Å²) in [6.45, 7) is 1.85. The van der Waals surface area contributed by atoms with E-state index in [2.05, 4.69) is 32.5 Å². The summed E-state index contributed by atoms with van der Waals surface area (Å²) in [5.74, 6) is 2.07. The van der Waals surface area contributed by atoms with E-state index in [1.54, 1.807) is 33.5 Å². The zero-order chi connectivity index (χ0) is 22.8. The number of halogens is 2. The minimum Gasteiger partial charge on any atom is -0.495 e. The van der Waals surface area contributed by atoms with Crippen molar-refractivity contribution in [1.82, 2.24) is 19.9 Å². The second-order valence-electron chi connectivity index (χ2n) is 7.68. The van der Waals surface area contributed by atoms with Crippen LogP contribution in [-0.2, 0) is 0 Å². The van der Waals surface area contributed by atoms with Gasteiger partial charge in [-0.1, -0.05) is 23.2 Å². The molecule has 1 aromatic carbocycles. The number of fused-ring (bicyclic) bond motifs is 1. The van der Waals surface area contributed by atoms with E-state index in [4.69, 9.17) is 37.7 Å². The van der Waals surface area contributed by atoms with Gasteiger partial charge in [-0.2, -0.15) is 0 Å². The molecule has 170 valence electrons. The van der Waals surface area contributed by atoms with Crippen LogP contribution >= 0.6 is 23.2 Å². The molecule has 0 radical (unpaired) electrons. The van der Waals surface area contributed by atoms with Crippen LogP contribution < -0.4 is 20.1 Å². The fourth-order valence-electron chi connectivity index (χ4n) is 3.97. The minimum atomic E-state index is 0.361. The van der Waals surface area contributed by atoms with Gasteiger partial charge < -0.3 is 25.0 Å². The van der Waals surface area contributed by atoms with Crippen molar-refractivity contribution in [2.75, 3.05) is 52.0 Å². The highest BCUT2D eigenvalue weighted by Crippen LogP contribution is 2.46. The molecular weight excluding hydrogens is 451 g/mol. The Balaban J connectivity index is 1.86. The van der Waals surface area contributed by atoms with Crippen LogP contribution in [0.3, 0.4) is 0 Å². The Morgan fingerprint density at radius 3 is 2.44 bits per heavy atom. The molecule has 3 aromatic rings. The summed E-state index contributed by atoms with van der Waals surface area (Å²) in [4.78, 5) is 16.2. The first-order valence-electron chi connectivity index (χ1n) is 10.4. The lowest BCUT2D eigenvalue weighted by atomic mass is 10.1. The molecule has 1 unspecified atom stereocenters. The van der Waals surface area contributed by atoms with E-state index in [9.17, 15) is 0 Å². The molecule has 1 aliphatic rings. The van der Waals surface area contributed by atoms with Crippen molar-refractivity contribution >= 4 is 45.9 Å². The maximum absolute atomic E-state index is 6.66. The number of hydrogen-bond acceptors (Lipinski definition) is 8. The summed E-state index contributed by atoms with van der Waals surface area (Å²) in [6.07, 6.45) is 4.09. The first kappa shape index (κ1) is 22.6. The van der Waals surface area contributed by atoms with Gasteiger partial charge >= 0.3 is 0 Å². The van der Waals surface area contributed by atoms with Gasteiger partial charge in [0, 0.05) is 42.8 Å². The van der Waals surface area contributed by atoms with Gasteiger partial charge in [0.15, 0.2) is 5.82 Å². The van der Waals surface area contributed by atoms with Crippen LogP contribution in [0.4, 0.5) is 11.8 Å². The van der Waals surface area contributed by atoms with E-state index >= 15 is 0 Å². The lowest BCUT2D eigenvalue weighted by molar-refractivity contribution is 0.322. The lowest BCUT2D eigenvalue weighted by Crippen LogP contribution is -2.31. The van der Waals surface area contributed by atoms with E-state index in [1.165, 1.54) is 6.42 Å². The quantitative estimate of drug-likeness (QED) is 0.512. The number of methoxy groups -OCH3 is 2. The summed E-state index contributed by atoms with van der Waals surface area (Å²) < 4.78 is 10.9. The van der Waals surface area contributed by atoms with Crippen molar-refractivity contribution in [3.8, 4) is 22.8 Å². The maximum atomic E-state index is 6.66. The number of nitrogens with zero attached hydrogens (tertiary/aromatic N) is 4. The van der Waals surface area contributed by atoms with Gasteiger partial charge in [0.1, 0.15) is 17.0 Å². The highest BCUT2D eigenvalue weighted by atomic mass is 35.5. The molecule has 2 N–H and O–H groups in total. The first-order valence-corrected chi connectivity index (χ1v) is 11.1. The standard InChI is InChI=1S/C22H26Cl2N6O2/c1-25-22-27-10-12-8-14(17-18(23)15(31-3)9-16(32-4)19(17)24)28-21(20(12)29-22)26-11-13-6-5-7-30(13)2/h8-10,13H,5-7,11H2,1-4H3,(H,26,28)(H,25,27,29). The van der Waals surface area contributed by atoms with Crippen LogP contribution in [0, 0.1) is 0 Å². The third kappa shape index (κ3) is 4.22. The fraction of sp³-hybridized carbons (Fsp3) is 0.409. The second kappa shape index (κ2) is 9.52. The summed E-state index contributed by atoms with van der Waals surface area (Å²) in [6, 6.07) is 3.96. The molecular formula is C22H26Cl2N6O2.